The van der Waals surface area contributed by atoms with Crippen LogP contribution < -0.4 is 5.32 Å². The molecule has 2 aromatic heterocycles. The van der Waals surface area contributed by atoms with E-state index in [1.165, 1.54) is 29.3 Å². The van der Waals surface area contributed by atoms with Gasteiger partial charge in [-0.25, -0.2) is 15.0 Å². The van der Waals surface area contributed by atoms with Crippen LogP contribution in [0.3, 0.4) is 0 Å². The minimum atomic E-state index is -0.375. The number of hydrogen-bond acceptors (Lipinski definition) is 6. The number of nitrogens with zero attached hydrogens (tertiary/aromatic N) is 3. The summed E-state index contributed by atoms with van der Waals surface area (Å²) in [4.78, 5) is 24.4. The lowest BCUT2D eigenvalue weighted by atomic mass is 10.4. The lowest BCUT2D eigenvalue weighted by Gasteiger charge is -2.04. The van der Waals surface area contributed by atoms with E-state index < -0.39 is 0 Å². The first-order chi connectivity index (χ1) is 9.10. The van der Waals surface area contributed by atoms with Gasteiger partial charge in [0.05, 0.1) is 16.9 Å². The van der Waals surface area contributed by atoms with Crippen molar-refractivity contribution in [1.29, 1.82) is 0 Å². The minimum Gasteiger partial charge on any atom is -0.296 e. The van der Waals surface area contributed by atoms with Crippen molar-refractivity contribution < 1.29 is 4.79 Å². The molecule has 100 valence electrons. The summed E-state index contributed by atoms with van der Waals surface area (Å²) in [5.74, 6) is 0.452. The number of rotatable bonds is 4. The summed E-state index contributed by atoms with van der Waals surface area (Å²) < 4.78 is 0. The second-order valence-corrected chi connectivity index (χ2v) is 6.03. The SMILES string of the molecule is CCSc1ncc(Cl)c(C(=O)Nc2nc(C)cs2)n1. The molecule has 0 aliphatic heterocycles. The predicted octanol–water partition coefficient (Wildman–Crippen LogP) is 3.26. The van der Waals surface area contributed by atoms with Gasteiger partial charge in [0.2, 0.25) is 0 Å². The van der Waals surface area contributed by atoms with Gasteiger partial charge < -0.3 is 0 Å². The van der Waals surface area contributed by atoms with E-state index in [1.54, 1.807) is 0 Å². The zero-order valence-corrected chi connectivity index (χ0v) is 12.7. The molecule has 19 heavy (non-hydrogen) atoms. The highest BCUT2D eigenvalue weighted by Gasteiger charge is 2.15. The fraction of sp³-hybridized carbons (Fsp3) is 0.273. The van der Waals surface area contributed by atoms with E-state index >= 15 is 0 Å². The number of amides is 1. The molecular formula is C11H11ClN4OS2. The maximum atomic E-state index is 12.1. The molecule has 8 heteroatoms. The highest BCUT2D eigenvalue weighted by Crippen LogP contribution is 2.20. The first-order valence-electron chi connectivity index (χ1n) is 5.49. The predicted molar refractivity (Wildman–Crippen MR) is 78.2 cm³/mol. The number of anilines is 1. The first-order valence-corrected chi connectivity index (χ1v) is 7.73. The third-order valence-corrected chi connectivity index (χ3v) is 3.95. The van der Waals surface area contributed by atoms with Gasteiger partial charge in [-0.2, -0.15) is 0 Å². The molecule has 2 rings (SSSR count). The molecule has 0 spiro atoms. The van der Waals surface area contributed by atoms with Crippen molar-refractivity contribution in [3.8, 4) is 0 Å². The molecule has 1 N–H and O–H groups in total. The average Bonchev–Trinajstić information content (AvgIpc) is 2.77. The van der Waals surface area contributed by atoms with Crippen LogP contribution in [0, 0.1) is 6.92 Å². The Morgan fingerprint density at radius 2 is 2.32 bits per heavy atom. The zero-order valence-electron chi connectivity index (χ0n) is 10.3. The lowest BCUT2D eigenvalue weighted by molar-refractivity contribution is 0.102. The molecule has 2 aromatic rings. The van der Waals surface area contributed by atoms with E-state index in [0.29, 0.717) is 10.3 Å². The Bertz CT molecular complexity index is 602. The summed E-state index contributed by atoms with van der Waals surface area (Å²) in [5.41, 5.74) is 1.02. The van der Waals surface area contributed by atoms with Crippen LogP contribution in [0.25, 0.3) is 0 Å². The molecule has 0 saturated heterocycles. The topological polar surface area (TPSA) is 67.8 Å². The van der Waals surface area contributed by atoms with Crippen LogP contribution in [0.5, 0.6) is 0 Å². The number of carbonyl (C=O) groups is 1. The molecule has 0 aliphatic carbocycles. The van der Waals surface area contributed by atoms with E-state index in [4.69, 9.17) is 11.6 Å². The first kappa shape index (κ1) is 14.2. The van der Waals surface area contributed by atoms with Crippen molar-refractivity contribution in [2.24, 2.45) is 0 Å². The minimum absolute atomic E-state index is 0.167. The van der Waals surface area contributed by atoms with Crippen LogP contribution >= 0.6 is 34.7 Å². The number of aryl methyl sites for hydroxylation is 1. The van der Waals surface area contributed by atoms with Gasteiger partial charge in [-0.1, -0.05) is 30.3 Å². The Labute approximate surface area is 123 Å². The molecule has 5 nitrogen and oxygen atoms in total. The van der Waals surface area contributed by atoms with E-state index in [-0.39, 0.29) is 16.6 Å². The highest BCUT2D eigenvalue weighted by molar-refractivity contribution is 7.99. The number of aromatic nitrogens is 3. The van der Waals surface area contributed by atoms with Crippen LogP contribution in [-0.2, 0) is 0 Å². The maximum Gasteiger partial charge on any atom is 0.277 e. The molecule has 0 saturated carbocycles. The van der Waals surface area contributed by atoms with Crippen molar-refractivity contribution in [2.45, 2.75) is 19.0 Å². The van der Waals surface area contributed by atoms with Crippen LogP contribution in [0.15, 0.2) is 16.7 Å². The maximum absolute atomic E-state index is 12.1. The number of carbonyl (C=O) groups excluding carboxylic acids is 1. The normalized spacial score (nSPS) is 10.5. The number of hydrogen-bond donors (Lipinski definition) is 1. The summed E-state index contributed by atoms with van der Waals surface area (Å²) in [6.45, 7) is 3.85. The Kier molecular flexibility index (Phi) is 4.73. The van der Waals surface area contributed by atoms with Gasteiger partial charge in [0.1, 0.15) is 0 Å². The van der Waals surface area contributed by atoms with E-state index in [1.807, 2.05) is 19.2 Å². The van der Waals surface area contributed by atoms with Gasteiger partial charge in [-0.05, 0) is 12.7 Å². The van der Waals surface area contributed by atoms with Crippen molar-refractivity contribution in [3.05, 3.63) is 28.0 Å². The van der Waals surface area contributed by atoms with Gasteiger partial charge >= 0.3 is 0 Å². The quantitative estimate of drug-likeness (QED) is 0.693. The summed E-state index contributed by atoms with van der Waals surface area (Å²) in [5, 5.41) is 5.82. The monoisotopic (exact) mass is 314 g/mol. The van der Waals surface area contributed by atoms with Crippen LogP contribution in [0.2, 0.25) is 5.02 Å². The van der Waals surface area contributed by atoms with Gasteiger partial charge in [-0.15, -0.1) is 11.3 Å². The van der Waals surface area contributed by atoms with Crippen LogP contribution in [0.4, 0.5) is 5.13 Å². The van der Waals surface area contributed by atoms with Crippen LogP contribution in [0.1, 0.15) is 23.1 Å². The molecule has 0 radical (unpaired) electrons. The van der Waals surface area contributed by atoms with Crippen molar-refractivity contribution in [1.82, 2.24) is 15.0 Å². The summed E-state index contributed by atoms with van der Waals surface area (Å²) in [6, 6.07) is 0. The summed E-state index contributed by atoms with van der Waals surface area (Å²) in [7, 11) is 0. The van der Waals surface area contributed by atoms with Gasteiger partial charge in [-0.3, -0.25) is 10.1 Å². The smallest absolute Gasteiger partial charge is 0.277 e. The fourth-order valence-electron chi connectivity index (χ4n) is 1.28. The largest absolute Gasteiger partial charge is 0.296 e. The Morgan fingerprint density at radius 3 is 2.95 bits per heavy atom. The lowest BCUT2D eigenvalue weighted by Crippen LogP contribution is -2.15. The van der Waals surface area contributed by atoms with Gasteiger partial charge in [0.25, 0.3) is 5.91 Å². The molecular weight excluding hydrogens is 304 g/mol. The zero-order chi connectivity index (χ0) is 13.8. The standard InChI is InChI=1S/C11H11ClN4OS2/c1-3-18-10-13-4-7(12)8(15-10)9(17)16-11-14-6(2)5-19-11/h4-5H,3H2,1-2H3,(H,14,16,17). The van der Waals surface area contributed by atoms with Gasteiger partial charge in [0, 0.05) is 5.38 Å². The van der Waals surface area contributed by atoms with Crippen molar-refractivity contribution >= 4 is 45.7 Å². The van der Waals surface area contributed by atoms with Crippen LogP contribution in [-0.4, -0.2) is 26.6 Å². The highest BCUT2D eigenvalue weighted by atomic mass is 35.5. The third kappa shape index (κ3) is 3.65. The van der Waals surface area contributed by atoms with E-state index in [9.17, 15) is 4.79 Å². The Hall–Kier alpha value is -1.18. The molecule has 0 aromatic carbocycles. The second-order valence-electron chi connectivity index (χ2n) is 3.53. The van der Waals surface area contributed by atoms with Crippen molar-refractivity contribution in [3.63, 3.8) is 0 Å². The second kappa shape index (κ2) is 6.31. The van der Waals surface area contributed by atoms with E-state index in [0.717, 1.165) is 11.4 Å². The molecule has 0 unspecified atom stereocenters. The molecule has 2 heterocycles. The average molecular weight is 315 g/mol. The summed E-state index contributed by atoms with van der Waals surface area (Å²) in [6.07, 6.45) is 1.44. The number of thioether (sulfide) groups is 1. The number of nitrogens with one attached hydrogen (secondary N) is 1. The summed E-state index contributed by atoms with van der Waals surface area (Å²) >= 11 is 8.76. The molecule has 0 aliphatic rings. The number of halogens is 1. The number of thiazole rings is 1. The Balaban J connectivity index is 2.20. The fourth-order valence-corrected chi connectivity index (χ4v) is 2.68. The van der Waals surface area contributed by atoms with E-state index in [2.05, 4.69) is 20.3 Å². The molecule has 0 atom stereocenters. The third-order valence-electron chi connectivity index (χ3n) is 2.05. The van der Waals surface area contributed by atoms with Crippen molar-refractivity contribution in [2.75, 3.05) is 11.1 Å². The Morgan fingerprint density at radius 1 is 1.53 bits per heavy atom. The molecule has 1 amide bonds. The molecule has 0 fully saturated rings. The molecule has 0 bridgehead atoms. The van der Waals surface area contributed by atoms with Gasteiger partial charge in [0.15, 0.2) is 16.0 Å².